The van der Waals surface area contributed by atoms with Gasteiger partial charge in [-0.15, -0.1) is 0 Å². The van der Waals surface area contributed by atoms with Crippen LogP contribution in [0.4, 0.5) is 13.2 Å². The van der Waals surface area contributed by atoms with E-state index in [1.807, 2.05) is 0 Å². The molecule has 2 rings (SSSR count). The Morgan fingerprint density at radius 2 is 2.17 bits per heavy atom. The molecule has 0 bridgehead atoms. The van der Waals surface area contributed by atoms with Gasteiger partial charge in [0, 0.05) is 12.3 Å². The van der Waals surface area contributed by atoms with Gasteiger partial charge in [-0.1, -0.05) is 0 Å². The summed E-state index contributed by atoms with van der Waals surface area (Å²) in [5.74, 6) is 0.0397. The molecule has 4 nitrogen and oxygen atoms in total. The fraction of sp³-hybridized carbons (Fsp3) is 0.273. The van der Waals surface area contributed by atoms with Crippen molar-refractivity contribution in [3.63, 3.8) is 0 Å². The number of pyridine rings is 1. The monoisotopic (exact) mass is 257 g/mol. The van der Waals surface area contributed by atoms with Crippen LogP contribution >= 0.6 is 0 Å². The van der Waals surface area contributed by atoms with Crippen molar-refractivity contribution in [2.24, 2.45) is 0 Å². The van der Waals surface area contributed by atoms with Crippen molar-refractivity contribution in [3.05, 3.63) is 36.3 Å². The maximum atomic E-state index is 12.6. The quantitative estimate of drug-likeness (QED) is 0.848. The molecule has 0 amide bonds. The fourth-order valence-electron chi connectivity index (χ4n) is 1.42. The minimum atomic E-state index is -4.50. The Kier molecular flexibility index (Phi) is 3.22. The summed E-state index contributed by atoms with van der Waals surface area (Å²) in [5, 5.41) is 3.50. The Labute approximate surface area is 101 Å². The third-order valence-corrected chi connectivity index (χ3v) is 2.15. The molecule has 0 unspecified atom stereocenters. The Hall–Kier alpha value is -2.05. The van der Waals surface area contributed by atoms with Crippen molar-refractivity contribution in [3.8, 4) is 11.6 Å². The minimum Gasteiger partial charge on any atom is -0.478 e. The number of halogens is 3. The van der Waals surface area contributed by atoms with Gasteiger partial charge in [-0.2, -0.15) is 23.0 Å². The van der Waals surface area contributed by atoms with E-state index < -0.39 is 11.9 Å². The average molecular weight is 257 g/mol. The molecule has 0 saturated carbocycles. The molecular weight excluding hydrogens is 247 g/mol. The van der Waals surface area contributed by atoms with Gasteiger partial charge in [0.1, 0.15) is 0 Å². The highest BCUT2D eigenvalue weighted by molar-refractivity contribution is 5.34. The molecule has 0 aliphatic heterocycles. The van der Waals surface area contributed by atoms with Crippen LogP contribution in [0.25, 0.3) is 5.69 Å². The lowest BCUT2D eigenvalue weighted by Crippen LogP contribution is -2.07. The molecule has 2 aromatic heterocycles. The average Bonchev–Trinajstić information content (AvgIpc) is 2.75. The lowest BCUT2D eigenvalue weighted by Gasteiger charge is -2.06. The van der Waals surface area contributed by atoms with Gasteiger partial charge >= 0.3 is 6.18 Å². The van der Waals surface area contributed by atoms with Crippen LogP contribution in [0.1, 0.15) is 12.6 Å². The Balaban J connectivity index is 2.49. The Morgan fingerprint density at radius 1 is 1.39 bits per heavy atom. The van der Waals surface area contributed by atoms with Gasteiger partial charge in [0.15, 0.2) is 5.69 Å². The van der Waals surface area contributed by atoms with Crippen LogP contribution in [-0.4, -0.2) is 21.4 Å². The summed E-state index contributed by atoms with van der Waals surface area (Å²) in [7, 11) is 0. The van der Waals surface area contributed by atoms with Gasteiger partial charge in [-0.3, -0.25) is 4.98 Å². The van der Waals surface area contributed by atoms with Gasteiger partial charge in [0.05, 0.1) is 18.5 Å². The lowest BCUT2D eigenvalue weighted by molar-refractivity contribution is -0.141. The molecule has 0 N–H and O–H groups in total. The second-order valence-electron chi connectivity index (χ2n) is 3.42. The van der Waals surface area contributed by atoms with Gasteiger partial charge in [0.2, 0.25) is 5.88 Å². The van der Waals surface area contributed by atoms with Crippen LogP contribution < -0.4 is 4.74 Å². The molecule has 96 valence electrons. The summed E-state index contributed by atoms with van der Waals surface area (Å²) in [6.07, 6.45) is -1.56. The zero-order chi connectivity index (χ0) is 13.2. The first-order valence-corrected chi connectivity index (χ1v) is 5.23. The normalized spacial score (nSPS) is 11.6. The van der Waals surface area contributed by atoms with E-state index in [9.17, 15) is 13.2 Å². The summed E-state index contributed by atoms with van der Waals surface area (Å²) >= 11 is 0. The smallest absolute Gasteiger partial charge is 0.435 e. The van der Waals surface area contributed by atoms with E-state index in [0.717, 1.165) is 10.7 Å². The molecule has 0 aromatic carbocycles. The number of hydrogen-bond donors (Lipinski definition) is 0. The largest absolute Gasteiger partial charge is 0.478 e. The second kappa shape index (κ2) is 4.67. The minimum absolute atomic E-state index is 0.0397. The van der Waals surface area contributed by atoms with Crippen LogP contribution in [0.2, 0.25) is 0 Å². The fourth-order valence-corrected chi connectivity index (χ4v) is 1.42. The van der Waals surface area contributed by atoms with Crippen molar-refractivity contribution >= 4 is 0 Å². The van der Waals surface area contributed by atoms with Crippen LogP contribution in [0, 0.1) is 0 Å². The lowest BCUT2D eigenvalue weighted by atomic mass is 10.4. The topological polar surface area (TPSA) is 39.9 Å². The van der Waals surface area contributed by atoms with Crippen molar-refractivity contribution in [1.29, 1.82) is 0 Å². The number of ether oxygens (including phenoxy) is 1. The van der Waals surface area contributed by atoms with Gasteiger partial charge < -0.3 is 4.74 Å². The molecular formula is C11H10F3N3O. The van der Waals surface area contributed by atoms with Gasteiger partial charge in [-0.25, -0.2) is 0 Å². The second-order valence-corrected chi connectivity index (χ2v) is 3.42. The maximum Gasteiger partial charge on any atom is 0.435 e. The predicted octanol–water partition coefficient (Wildman–Crippen LogP) is 2.68. The highest BCUT2D eigenvalue weighted by Crippen LogP contribution is 2.31. The van der Waals surface area contributed by atoms with E-state index in [1.54, 1.807) is 19.1 Å². The van der Waals surface area contributed by atoms with E-state index in [4.69, 9.17) is 4.74 Å². The number of alkyl halides is 3. The summed E-state index contributed by atoms with van der Waals surface area (Å²) < 4.78 is 44.0. The zero-order valence-corrected chi connectivity index (χ0v) is 9.48. The third kappa shape index (κ3) is 2.44. The zero-order valence-electron chi connectivity index (χ0n) is 9.48. The molecule has 7 heteroatoms. The molecule has 0 spiro atoms. The third-order valence-electron chi connectivity index (χ3n) is 2.15. The van der Waals surface area contributed by atoms with Crippen LogP contribution in [0.5, 0.6) is 5.88 Å². The van der Waals surface area contributed by atoms with E-state index in [-0.39, 0.29) is 12.5 Å². The first-order valence-electron chi connectivity index (χ1n) is 5.23. The van der Waals surface area contributed by atoms with Crippen LogP contribution in [-0.2, 0) is 6.18 Å². The van der Waals surface area contributed by atoms with Crippen molar-refractivity contribution < 1.29 is 17.9 Å². The summed E-state index contributed by atoms with van der Waals surface area (Å²) in [4.78, 5) is 3.84. The molecule has 18 heavy (non-hydrogen) atoms. The Morgan fingerprint density at radius 3 is 2.72 bits per heavy atom. The molecule has 0 saturated heterocycles. The highest BCUT2D eigenvalue weighted by Gasteiger charge is 2.35. The van der Waals surface area contributed by atoms with Gasteiger partial charge in [-0.05, 0) is 19.1 Å². The van der Waals surface area contributed by atoms with Crippen molar-refractivity contribution in [2.45, 2.75) is 13.1 Å². The number of nitrogens with zero attached hydrogens (tertiary/aromatic N) is 3. The summed E-state index contributed by atoms with van der Waals surface area (Å²) in [6, 6.07) is 4.08. The SMILES string of the molecule is CCOc1cc(C(F)(F)F)nn1-c1cccnc1. The summed E-state index contributed by atoms with van der Waals surface area (Å²) in [6.45, 7) is 1.94. The number of hydrogen-bond acceptors (Lipinski definition) is 3. The van der Waals surface area contributed by atoms with Gasteiger partial charge in [0.25, 0.3) is 0 Å². The van der Waals surface area contributed by atoms with E-state index in [1.165, 1.54) is 12.4 Å². The van der Waals surface area contributed by atoms with E-state index in [2.05, 4.69) is 10.1 Å². The first kappa shape index (κ1) is 12.4. The van der Waals surface area contributed by atoms with E-state index >= 15 is 0 Å². The molecule has 0 atom stereocenters. The first-order chi connectivity index (χ1) is 8.52. The van der Waals surface area contributed by atoms with E-state index in [0.29, 0.717) is 5.69 Å². The standard InChI is InChI=1S/C11H10F3N3O/c1-2-18-10-6-9(11(12,13)14)16-17(10)8-4-3-5-15-7-8/h3-7H,2H2,1H3. The Bertz CT molecular complexity index is 522. The molecule has 0 aliphatic carbocycles. The molecule has 2 aromatic rings. The highest BCUT2D eigenvalue weighted by atomic mass is 19.4. The predicted molar refractivity (Wildman–Crippen MR) is 57.5 cm³/mol. The molecule has 0 fully saturated rings. The number of aromatic nitrogens is 3. The molecule has 2 heterocycles. The van der Waals surface area contributed by atoms with Crippen LogP contribution in [0.15, 0.2) is 30.6 Å². The van der Waals surface area contributed by atoms with Crippen molar-refractivity contribution in [1.82, 2.24) is 14.8 Å². The number of rotatable bonds is 3. The van der Waals surface area contributed by atoms with Crippen LogP contribution in [0.3, 0.4) is 0 Å². The maximum absolute atomic E-state index is 12.6. The summed E-state index contributed by atoms with van der Waals surface area (Å²) in [5.41, 5.74) is -0.578. The van der Waals surface area contributed by atoms with Crippen molar-refractivity contribution in [2.75, 3.05) is 6.61 Å². The molecule has 0 aliphatic rings. The molecule has 0 radical (unpaired) electrons.